The third kappa shape index (κ3) is 3.40. The minimum Gasteiger partial charge on any atom is -0.382 e. The Hall–Kier alpha value is -2.87. The van der Waals surface area contributed by atoms with E-state index >= 15 is 0 Å². The number of anilines is 1. The second-order valence-electron chi connectivity index (χ2n) is 7.26. The second kappa shape index (κ2) is 6.70. The molecule has 1 aliphatic rings. The van der Waals surface area contributed by atoms with E-state index in [0.29, 0.717) is 5.95 Å². The Kier molecular flexibility index (Phi) is 4.35. The van der Waals surface area contributed by atoms with Gasteiger partial charge in [0.2, 0.25) is 11.9 Å². The van der Waals surface area contributed by atoms with Crippen LogP contribution in [0.4, 0.5) is 5.95 Å². The van der Waals surface area contributed by atoms with Gasteiger partial charge in [-0.15, -0.1) is 0 Å². The maximum absolute atomic E-state index is 12.6. The monoisotopic (exact) mass is 366 g/mol. The maximum atomic E-state index is 12.6. The third-order valence-electron chi connectivity index (χ3n) is 4.92. The summed E-state index contributed by atoms with van der Waals surface area (Å²) in [4.78, 5) is 29.9. The highest BCUT2D eigenvalue weighted by molar-refractivity contribution is 5.91. The molecule has 0 aromatic carbocycles. The van der Waals surface area contributed by atoms with E-state index in [2.05, 4.69) is 25.3 Å². The summed E-state index contributed by atoms with van der Waals surface area (Å²) >= 11 is 0. The Labute approximate surface area is 156 Å². The van der Waals surface area contributed by atoms with E-state index in [1.54, 1.807) is 18.5 Å². The van der Waals surface area contributed by atoms with Gasteiger partial charge in [0.1, 0.15) is 11.1 Å². The van der Waals surface area contributed by atoms with Gasteiger partial charge in [-0.3, -0.25) is 14.7 Å². The van der Waals surface area contributed by atoms with Gasteiger partial charge in [-0.25, -0.2) is 19.9 Å². The van der Waals surface area contributed by atoms with E-state index in [9.17, 15) is 9.90 Å². The van der Waals surface area contributed by atoms with Crippen LogP contribution in [-0.2, 0) is 10.4 Å². The number of hydrogen-bond donors (Lipinski definition) is 2. The number of imidazole rings is 1. The molecule has 2 N–H and O–H groups in total. The SMILES string of the molecule is Cc1ccc2nc(NC(=O)CC(C)(O)c3ncccn3)n(C3CCC3)c2n1. The van der Waals surface area contributed by atoms with Gasteiger partial charge in [0.15, 0.2) is 11.5 Å². The standard InChI is InChI=1S/C19H22N6O2/c1-12-7-8-14-16(22-12)25(13-5-3-6-13)18(23-14)24-15(26)11-19(2,27)17-20-9-4-10-21-17/h4,7-10,13,27H,3,5-6,11H2,1-2H3,(H,23,24,26). The average Bonchev–Trinajstić information content (AvgIpc) is 2.91. The summed E-state index contributed by atoms with van der Waals surface area (Å²) < 4.78 is 2.01. The lowest BCUT2D eigenvalue weighted by Crippen LogP contribution is -2.31. The van der Waals surface area contributed by atoms with Crippen LogP contribution in [0.3, 0.4) is 0 Å². The van der Waals surface area contributed by atoms with Crippen LogP contribution in [-0.4, -0.2) is 35.5 Å². The van der Waals surface area contributed by atoms with Crippen LogP contribution >= 0.6 is 0 Å². The van der Waals surface area contributed by atoms with Gasteiger partial charge >= 0.3 is 0 Å². The van der Waals surface area contributed by atoms with Crippen molar-refractivity contribution < 1.29 is 9.90 Å². The summed E-state index contributed by atoms with van der Waals surface area (Å²) in [6, 6.07) is 5.77. The summed E-state index contributed by atoms with van der Waals surface area (Å²) in [6.07, 6.45) is 6.15. The predicted molar refractivity (Wildman–Crippen MR) is 100 cm³/mol. The predicted octanol–water partition coefficient (Wildman–Crippen LogP) is 2.49. The number of carbonyl (C=O) groups excluding carboxylic acids is 1. The molecule has 1 fully saturated rings. The fraction of sp³-hybridized carbons (Fsp3) is 0.421. The quantitative estimate of drug-likeness (QED) is 0.719. The highest BCUT2D eigenvalue weighted by Crippen LogP contribution is 2.36. The number of hydrogen-bond acceptors (Lipinski definition) is 6. The summed E-state index contributed by atoms with van der Waals surface area (Å²) in [7, 11) is 0. The first kappa shape index (κ1) is 17.5. The average molecular weight is 366 g/mol. The minimum atomic E-state index is -1.46. The molecule has 140 valence electrons. The van der Waals surface area contributed by atoms with Crippen molar-refractivity contribution in [2.45, 2.75) is 51.2 Å². The van der Waals surface area contributed by atoms with Crippen LogP contribution in [0.1, 0.15) is 50.2 Å². The van der Waals surface area contributed by atoms with Crippen molar-refractivity contribution in [3.8, 4) is 0 Å². The molecule has 3 aromatic rings. The van der Waals surface area contributed by atoms with E-state index in [-0.39, 0.29) is 24.2 Å². The zero-order valence-corrected chi connectivity index (χ0v) is 15.4. The summed E-state index contributed by atoms with van der Waals surface area (Å²) in [5.74, 6) is 0.340. The van der Waals surface area contributed by atoms with Crippen LogP contribution < -0.4 is 5.32 Å². The largest absolute Gasteiger partial charge is 0.382 e. The number of nitrogens with zero attached hydrogens (tertiary/aromatic N) is 5. The van der Waals surface area contributed by atoms with Gasteiger partial charge in [0.05, 0.1) is 6.42 Å². The Bertz CT molecular complexity index is 979. The van der Waals surface area contributed by atoms with Gasteiger partial charge in [-0.2, -0.15) is 0 Å². The third-order valence-corrected chi connectivity index (χ3v) is 4.92. The van der Waals surface area contributed by atoms with Crippen molar-refractivity contribution in [3.05, 3.63) is 42.1 Å². The molecule has 0 aliphatic heterocycles. The number of aliphatic hydroxyl groups is 1. The number of fused-ring (bicyclic) bond motifs is 1. The number of aryl methyl sites for hydroxylation is 1. The molecule has 1 unspecified atom stereocenters. The number of rotatable bonds is 5. The lowest BCUT2D eigenvalue weighted by atomic mass is 9.93. The summed E-state index contributed by atoms with van der Waals surface area (Å²) in [5.41, 5.74) is 0.979. The molecular weight excluding hydrogens is 344 g/mol. The van der Waals surface area contributed by atoms with Gasteiger partial charge in [-0.1, -0.05) is 0 Å². The topological polar surface area (TPSA) is 106 Å². The number of amides is 1. The zero-order valence-electron chi connectivity index (χ0n) is 15.4. The maximum Gasteiger partial charge on any atom is 0.230 e. The van der Waals surface area contributed by atoms with Crippen molar-refractivity contribution in [3.63, 3.8) is 0 Å². The molecule has 3 heterocycles. The van der Waals surface area contributed by atoms with E-state index < -0.39 is 5.60 Å². The van der Waals surface area contributed by atoms with Gasteiger partial charge in [0.25, 0.3) is 0 Å². The van der Waals surface area contributed by atoms with Gasteiger partial charge < -0.3 is 5.11 Å². The molecule has 0 saturated heterocycles. The van der Waals surface area contributed by atoms with Crippen molar-refractivity contribution in [2.24, 2.45) is 0 Å². The molecule has 3 aromatic heterocycles. The Morgan fingerprint density at radius 1 is 1.30 bits per heavy atom. The normalized spacial score (nSPS) is 16.7. The minimum absolute atomic E-state index is 0.169. The van der Waals surface area contributed by atoms with Gasteiger partial charge in [0, 0.05) is 24.1 Å². The van der Waals surface area contributed by atoms with E-state index in [4.69, 9.17) is 0 Å². The molecular formula is C19H22N6O2. The zero-order chi connectivity index (χ0) is 19.0. The molecule has 1 atom stereocenters. The lowest BCUT2D eigenvalue weighted by molar-refractivity contribution is -0.121. The molecule has 4 rings (SSSR count). The first-order chi connectivity index (χ1) is 12.9. The fourth-order valence-electron chi connectivity index (χ4n) is 3.29. The molecule has 0 bridgehead atoms. The number of pyridine rings is 1. The smallest absolute Gasteiger partial charge is 0.230 e. The molecule has 0 radical (unpaired) electrons. The summed E-state index contributed by atoms with van der Waals surface area (Å²) in [5, 5.41) is 13.5. The molecule has 1 aliphatic carbocycles. The first-order valence-electron chi connectivity index (χ1n) is 9.09. The second-order valence-corrected chi connectivity index (χ2v) is 7.26. The fourth-order valence-corrected chi connectivity index (χ4v) is 3.29. The molecule has 8 heteroatoms. The van der Waals surface area contributed by atoms with Crippen molar-refractivity contribution in [1.29, 1.82) is 0 Å². The molecule has 1 saturated carbocycles. The van der Waals surface area contributed by atoms with E-state index in [1.165, 1.54) is 6.92 Å². The molecule has 8 nitrogen and oxygen atoms in total. The molecule has 1 amide bonds. The first-order valence-corrected chi connectivity index (χ1v) is 9.09. The van der Waals surface area contributed by atoms with Gasteiger partial charge in [-0.05, 0) is 51.3 Å². The number of aromatic nitrogens is 5. The number of nitrogens with one attached hydrogen (secondary N) is 1. The molecule has 0 spiro atoms. The van der Waals surface area contributed by atoms with Crippen LogP contribution in [0.5, 0.6) is 0 Å². The lowest BCUT2D eigenvalue weighted by Gasteiger charge is -2.28. The Morgan fingerprint density at radius 2 is 2.04 bits per heavy atom. The van der Waals surface area contributed by atoms with Crippen LogP contribution in [0.2, 0.25) is 0 Å². The molecule has 27 heavy (non-hydrogen) atoms. The van der Waals surface area contributed by atoms with Crippen molar-refractivity contribution in [1.82, 2.24) is 24.5 Å². The summed E-state index contributed by atoms with van der Waals surface area (Å²) in [6.45, 7) is 3.47. The Morgan fingerprint density at radius 3 is 2.70 bits per heavy atom. The number of carbonyl (C=O) groups is 1. The van der Waals surface area contributed by atoms with Crippen molar-refractivity contribution in [2.75, 3.05) is 5.32 Å². The van der Waals surface area contributed by atoms with E-state index in [0.717, 1.165) is 36.1 Å². The Balaban J connectivity index is 1.60. The highest BCUT2D eigenvalue weighted by atomic mass is 16.3. The van der Waals surface area contributed by atoms with Crippen LogP contribution in [0.15, 0.2) is 30.6 Å². The van der Waals surface area contributed by atoms with Crippen LogP contribution in [0.25, 0.3) is 11.2 Å². The highest BCUT2D eigenvalue weighted by Gasteiger charge is 2.31. The van der Waals surface area contributed by atoms with E-state index in [1.807, 2.05) is 23.6 Å². The van der Waals surface area contributed by atoms with Crippen molar-refractivity contribution >= 4 is 23.0 Å². The van der Waals surface area contributed by atoms with Crippen LogP contribution in [0, 0.1) is 6.92 Å².